The molecule has 0 fully saturated rings. The molecule has 0 aliphatic carbocycles. The van der Waals surface area contributed by atoms with Gasteiger partial charge in [-0.25, -0.2) is 4.99 Å². The van der Waals surface area contributed by atoms with E-state index in [1.807, 2.05) is 0 Å². The molecule has 5 heteroatoms. The summed E-state index contributed by atoms with van der Waals surface area (Å²) < 4.78 is 0. The molecule has 0 unspecified atom stereocenters. The van der Waals surface area contributed by atoms with E-state index in [1.54, 1.807) is 6.92 Å². The molecule has 72 valence electrons. The monoisotopic (exact) mass is 201 g/mol. The van der Waals surface area contributed by atoms with Crippen molar-refractivity contribution in [2.45, 2.75) is 6.92 Å². The van der Waals surface area contributed by atoms with E-state index in [0.717, 1.165) is 0 Å². The van der Waals surface area contributed by atoms with Gasteiger partial charge < -0.3 is 11.1 Å². The lowest BCUT2D eigenvalue weighted by molar-refractivity contribution is -0.114. The summed E-state index contributed by atoms with van der Waals surface area (Å²) in [6.07, 6.45) is 1.42. The minimum Gasteiger partial charge on any atom is -0.402 e. The number of hydrogen-bond acceptors (Lipinski definition) is 3. The number of nitrogens with one attached hydrogen (secondary N) is 1. The summed E-state index contributed by atoms with van der Waals surface area (Å²) in [5.74, 6) is -0.355. The molecule has 0 saturated heterocycles. The van der Waals surface area contributed by atoms with Crippen molar-refractivity contribution in [2.24, 2.45) is 10.7 Å². The topological polar surface area (TPSA) is 67.5 Å². The maximum Gasteiger partial charge on any atom is 0.269 e. The van der Waals surface area contributed by atoms with E-state index < -0.39 is 0 Å². The molecule has 3 N–H and O–H groups in total. The average Bonchev–Trinajstić information content (AvgIpc) is 2.00. The predicted molar refractivity (Wildman–Crippen MR) is 54.4 cm³/mol. The molecular weight excluding hydrogens is 190 g/mol. The van der Waals surface area contributed by atoms with Crippen molar-refractivity contribution in [2.75, 3.05) is 7.05 Å². The normalized spacial score (nSPS) is 12.5. The summed E-state index contributed by atoms with van der Waals surface area (Å²) in [6, 6.07) is 0. The summed E-state index contributed by atoms with van der Waals surface area (Å²) in [6.45, 7) is 5.00. The van der Waals surface area contributed by atoms with Crippen LogP contribution in [0.1, 0.15) is 6.92 Å². The second-order valence-electron chi connectivity index (χ2n) is 2.34. The number of amides is 1. The number of nitrogens with two attached hydrogens (primary N) is 1. The highest BCUT2D eigenvalue weighted by molar-refractivity contribution is 6.44. The van der Waals surface area contributed by atoms with Gasteiger partial charge in [-0.2, -0.15) is 0 Å². The van der Waals surface area contributed by atoms with E-state index >= 15 is 0 Å². The van der Waals surface area contributed by atoms with Gasteiger partial charge in [0.15, 0.2) is 0 Å². The number of carbonyl (C=O) groups excluding carboxylic acids is 1. The van der Waals surface area contributed by atoms with E-state index in [2.05, 4.69) is 16.9 Å². The third-order valence-electron chi connectivity index (χ3n) is 1.07. The van der Waals surface area contributed by atoms with E-state index in [9.17, 15) is 4.79 Å². The lowest BCUT2D eigenvalue weighted by atomic mass is 10.3. The van der Waals surface area contributed by atoms with Crippen LogP contribution in [0, 0.1) is 0 Å². The van der Waals surface area contributed by atoms with Crippen LogP contribution in [0.4, 0.5) is 0 Å². The predicted octanol–water partition coefficient (Wildman–Crippen LogP) is 0.746. The van der Waals surface area contributed by atoms with Crippen LogP contribution in [0.25, 0.3) is 0 Å². The molecule has 0 aliphatic heterocycles. The summed E-state index contributed by atoms with van der Waals surface area (Å²) >= 11 is 5.42. The molecule has 1 amide bonds. The van der Waals surface area contributed by atoms with Crippen LogP contribution in [-0.4, -0.2) is 18.7 Å². The second kappa shape index (κ2) is 5.37. The number of halogens is 1. The van der Waals surface area contributed by atoms with Crippen LogP contribution in [0.15, 0.2) is 28.5 Å². The molecule has 0 atom stereocenters. The van der Waals surface area contributed by atoms with Crippen LogP contribution in [0.3, 0.4) is 0 Å². The molecule has 0 heterocycles. The van der Waals surface area contributed by atoms with Gasteiger partial charge in [-0.3, -0.25) is 4.79 Å². The quantitative estimate of drug-likeness (QED) is 0.523. The molecule has 0 aromatic rings. The fourth-order valence-electron chi connectivity index (χ4n) is 0.623. The van der Waals surface area contributed by atoms with Crippen molar-refractivity contribution in [3.63, 3.8) is 0 Å². The van der Waals surface area contributed by atoms with Crippen LogP contribution < -0.4 is 11.1 Å². The van der Waals surface area contributed by atoms with Gasteiger partial charge in [0, 0.05) is 12.7 Å². The van der Waals surface area contributed by atoms with Crippen molar-refractivity contribution < 1.29 is 4.79 Å². The highest BCUT2D eigenvalue weighted by Crippen LogP contribution is 2.00. The lowest BCUT2D eigenvalue weighted by Crippen LogP contribution is -2.26. The van der Waals surface area contributed by atoms with Crippen molar-refractivity contribution >= 4 is 23.2 Å². The van der Waals surface area contributed by atoms with E-state index in [1.165, 1.54) is 13.1 Å². The first kappa shape index (κ1) is 11.7. The van der Waals surface area contributed by atoms with Gasteiger partial charge in [0.05, 0.1) is 0 Å². The zero-order chi connectivity index (χ0) is 10.4. The average molecular weight is 202 g/mol. The fourth-order valence-corrected chi connectivity index (χ4v) is 0.714. The molecule has 0 rings (SSSR count). The smallest absolute Gasteiger partial charge is 0.269 e. The van der Waals surface area contributed by atoms with Gasteiger partial charge in [-0.15, -0.1) is 0 Å². The van der Waals surface area contributed by atoms with Crippen molar-refractivity contribution in [3.8, 4) is 0 Å². The maximum atomic E-state index is 11.1. The van der Waals surface area contributed by atoms with Crippen molar-refractivity contribution in [1.29, 1.82) is 0 Å². The van der Waals surface area contributed by atoms with Crippen LogP contribution >= 0.6 is 11.6 Å². The SMILES string of the molecule is C=C(Cl)/N=C(\C=C(\C)N)C(=O)NC. The summed E-state index contributed by atoms with van der Waals surface area (Å²) in [5.41, 5.74) is 6.00. The Morgan fingerprint density at radius 2 is 2.23 bits per heavy atom. The van der Waals surface area contributed by atoms with Crippen molar-refractivity contribution in [3.05, 3.63) is 23.5 Å². The largest absolute Gasteiger partial charge is 0.402 e. The third-order valence-corrected chi connectivity index (χ3v) is 1.15. The summed E-state index contributed by atoms with van der Waals surface area (Å²) in [5, 5.41) is 2.44. The molecule has 0 bridgehead atoms. The fraction of sp³-hybridized carbons (Fsp3) is 0.250. The Morgan fingerprint density at radius 1 is 1.69 bits per heavy atom. The van der Waals surface area contributed by atoms with Gasteiger partial charge in [0.2, 0.25) is 0 Å². The Labute approximate surface area is 82.2 Å². The Hall–Kier alpha value is -1.29. The van der Waals surface area contributed by atoms with Crippen LogP contribution in [0.5, 0.6) is 0 Å². The molecule has 0 spiro atoms. The summed E-state index contributed by atoms with van der Waals surface area (Å²) in [7, 11) is 1.49. The highest BCUT2D eigenvalue weighted by Gasteiger charge is 2.06. The standard InChI is InChI=1S/C8H12ClN3O/c1-5(10)4-7(8(13)11-3)12-6(2)9/h4H,2,10H2,1,3H3,(H,11,13)/b5-4-,12-7+. The molecule has 4 nitrogen and oxygen atoms in total. The maximum absolute atomic E-state index is 11.1. The minimum absolute atomic E-state index is 0.0381. The number of hydrogen-bond donors (Lipinski definition) is 2. The van der Waals surface area contributed by atoms with Gasteiger partial charge >= 0.3 is 0 Å². The number of rotatable bonds is 3. The zero-order valence-corrected chi connectivity index (χ0v) is 8.35. The van der Waals surface area contributed by atoms with Gasteiger partial charge in [-0.1, -0.05) is 18.2 Å². The van der Waals surface area contributed by atoms with E-state index in [-0.39, 0.29) is 16.8 Å². The molecule has 0 aromatic carbocycles. The molecule has 0 saturated carbocycles. The third kappa shape index (κ3) is 5.03. The first-order chi connectivity index (χ1) is 5.97. The lowest BCUT2D eigenvalue weighted by Gasteiger charge is -1.99. The number of allylic oxidation sites excluding steroid dienone is 1. The molecule has 0 aliphatic rings. The van der Waals surface area contributed by atoms with Crippen molar-refractivity contribution in [1.82, 2.24) is 5.32 Å². The first-order valence-corrected chi connectivity index (χ1v) is 3.94. The van der Waals surface area contributed by atoms with Crippen LogP contribution in [0.2, 0.25) is 0 Å². The Bertz CT molecular complexity index is 277. The minimum atomic E-state index is -0.355. The molecule has 0 aromatic heterocycles. The van der Waals surface area contributed by atoms with Crippen LogP contribution in [-0.2, 0) is 4.79 Å². The number of carbonyl (C=O) groups is 1. The summed E-state index contributed by atoms with van der Waals surface area (Å²) in [4.78, 5) is 14.8. The van der Waals surface area contributed by atoms with E-state index in [4.69, 9.17) is 17.3 Å². The molecule has 0 radical (unpaired) electrons. The van der Waals surface area contributed by atoms with Gasteiger partial charge in [0.25, 0.3) is 5.91 Å². The second-order valence-corrected chi connectivity index (χ2v) is 2.78. The number of nitrogens with zero attached hydrogens (tertiary/aromatic N) is 1. The molecular formula is C8H12ClN3O. The highest BCUT2D eigenvalue weighted by atomic mass is 35.5. The Balaban J connectivity index is 4.87. The number of aliphatic imine (C=N–C) groups is 1. The Morgan fingerprint density at radius 3 is 2.54 bits per heavy atom. The van der Waals surface area contributed by atoms with Gasteiger partial charge in [-0.05, 0) is 13.0 Å². The zero-order valence-electron chi connectivity index (χ0n) is 7.60. The molecule has 13 heavy (non-hydrogen) atoms. The van der Waals surface area contributed by atoms with E-state index in [0.29, 0.717) is 5.70 Å². The Kier molecular flexibility index (Phi) is 4.84. The first-order valence-electron chi connectivity index (χ1n) is 3.56. The van der Waals surface area contributed by atoms with Gasteiger partial charge in [0.1, 0.15) is 10.9 Å².